The van der Waals surface area contributed by atoms with Gasteiger partial charge in [-0.05, 0) is 62.4 Å². The third-order valence-electron chi connectivity index (χ3n) is 6.44. The van der Waals surface area contributed by atoms with Crippen LogP contribution in [0.1, 0.15) is 57.6 Å². The average molecular weight is 532 g/mol. The summed E-state index contributed by atoms with van der Waals surface area (Å²) in [4.78, 5) is 28.2. The summed E-state index contributed by atoms with van der Waals surface area (Å²) >= 11 is 0. The van der Waals surface area contributed by atoms with Crippen molar-refractivity contribution in [2.75, 3.05) is 24.2 Å². The Bertz CT molecular complexity index is 1130. The summed E-state index contributed by atoms with van der Waals surface area (Å²) in [5.74, 6) is 0.330. The summed E-state index contributed by atoms with van der Waals surface area (Å²) in [6, 6.07) is 14.0. The van der Waals surface area contributed by atoms with Crippen LogP contribution in [0.25, 0.3) is 0 Å². The zero-order chi connectivity index (χ0) is 27.6. The van der Waals surface area contributed by atoms with E-state index in [0.717, 1.165) is 17.5 Å². The van der Waals surface area contributed by atoms with Crippen LogP contribution >= 0.6 is 0 Å². The molecule has 2 rings (SSSR count). The van der Waals surface area contributed by atoms with Crippen molar-refractivity contribution in [1.29, 1.82) is 0 Å². The van der Waals surface area contributed by atoms with Crippen LogP contribution in [-0.4, -0.2) is 57.1 Å². The van der Waals surface area contributed by atoms with Gasteiger partial charge >= 0.3 is 0 Å². The van der Waals surface area contributed by atoms with Crippen LogP contribution in [0.3, 0.4) is 0 Å². The Morgan fingerprint density at radius 2 is 1.68 bits per heavy atom. The molecule has 0 aliphatic heterocycles. The van der Waals surface area contributed by atoms with Crippen molar-refractivity contribution in [2.45, 2.75) is 72.0 Å². The summed E-state index contributed by atoms with van der Waals surface area (Å²) in [5, 5.41) is 3.00. The predicted molar refractivity (Wildman–Crippen MR) is 148 cm³/mol. The first-order valence-corrected chi connectivity index (χ1v) is 14.6. The maximum Gasteiger partial charge on any atom is 0.243 e. The molecule has 2 aromatic carbocycles. The van der Waals surface area contributed by atoms with Crippen LogP contribution in [0.4, 0.5) is 5.69 Å². The summed E-state index contributed by atoms with van der Waals surface area (Å²) in [7, 11) is -1.94. The highest BCUT2D eigenvalue weighted by Gasteiger charge is 2.29. The van der Waals surface area contributed by atoms with E-state index in [-0.39, 0.29) is 37.4 Å². The van der Waals surface area contributed by atoms with Crippen LogP contribution in [0.15, 0.2) is 48.5 Å². The number of amides is 2. The van der Waals surface area contributed by atoms with Gasteiger partial charge in [0.05, 0.1) is 19.1 Å². The van der Waals surface area contributed by atoms with Gasteiger partial charge in [0.2, 0.25) is 21.8 Å². The Labute approximate surface area is 222 Å². The van der Waals surface area contributed by atoms with Gasteiger partial charge in [-0.3, -0.25) is 13.9 Å². The second kappa shape index (κ2) is 14.0. The minimum atomic E-state index is -3.53. The van der Waals surface area contributed by atoms with Crippen LogP contribution in [0, 0.1) is 6.92 Å². The first-order chi connectivity index (χ1) is 17.5. The lowest BCUT2D eigenvalue weighted by atomic mass is 10.1. The van der Waals surface area contributed by atoms with E-state index in [4.69, 9.17) is 4.74 Å². The fourth-order valence-corrected chi connectivity index (χ4v) is 5.14. The molecule has 0 aliphatic carbocycles. The number of hydrogen-bond donors (Lipinski definition) is 1. The Morgan fingerprint density at radius 3 is 2.22 bits per heavy atom. The van der Waals surface area contributed by atoms with Gasteiger partial charge in [-0.1, -0.05) is 44.2 Å². The number of nitrogens with zero attached hydrogens (tertiary/aromatic N) is 2. The molecule has 0 heterocycles. The summed E-state index contributed by atoms with van der Waals surface area (Å²) < 4.78 is 31.6. The molecule has 0 saturated carbocycles. The largest absolute Gasteiger partial charge is 0.497 e. The van der Waals surface area contributed by atoms with E-state index in [2.05, 4.69) is 5.32 Å². The number of methoxy groups -OCH3 is 1. The van der Waals surface area contributed by atoms with Crippen molar-refractivity contribution in [3.05, 3.63) is 59.7 Å². The van der Waals surface area contributed by atoms with Crippen molar-refractivity contribution >= 4 is 27.5 Å². The minimum absolute atomic E-state index is 0.00285. The molecule has 0 bridgehead atoms. The van der Waals surface area contributed by atoms with E-state index in [1.54, 1.807) is 24.1 Å². The fourth-order valence-electron chi connectivity index (χ4n) is 4.11. The lowest BCUT2D eigenvalue weighted by Gasteiger charge is -2.32. The van der Waals surface area contributed by atoms with Gasteiger partial charge in [0.25, 0.3) is 0 Å². The van der Waals surface area contributed by atoms with Crippen LogP contribution in [0.2, 0.25) is 0 Å². The number of ether oxygens (including phenoxy) is 1. The zero-order valence-corrected chi connectivity index (χ0v) is 23.7. The molecule has 0 aliphatic rings. The molecular weight excluding hydrogens is 490 g/mol. The number of rotatable bonds is 14. The van der Waals surface area contributed by atoms with E-state index < -0.39 is 16.1 Å². The number of nitrogens with one attached hydrogen (secondary N) is 1. The third kappa shape index (κ3) is 8.77. The standard InChI is InChI=1S/C28H41N3O5S/c1-7-22(4)29-28(33)25(8-2)30(20-23-15-17-24(36-5)18-16-23)27(32)14-11-19-31(37(6,34)35)26-13-10-9-12-21(26)3/h9-10,12-13,15-18,22,25H,7-8,11,14,19-20H2,1-6H3,(H,29,33)/t22-,25-/m0/s1. The zero-order valence-electron chi connectivity index (χ0n) is 22.9. The van der Waals surface area contributed by atoms with Gasteiger partial charge in [0.15, 0.2) is 0 Å². The van der Waals surface area contributed by atoms with Crippen molar-refractivity contribution in [3.63, 3.8) is 0 Å². The Morgan fingerprint density at radius 1 is 1.03 bits per heavy atom. The number of hydrogen-bond acceptors (Lipinski definition) is 5. The normalized spacial score (nSPS) is 12.9. The van der Waals surface area contributed by atoms with Gasteiger partial charge < -0.3 is 15.0 Å². The number of benzene rings is 2. The molecule has 0 radical (unpaired) electrons. The van der Waals surface area contributed by atoms with E-state index in [0.29, 0.717) is 24.3 Å². The lowest BCUT2D eigenvalue weighted by Crippen LogP contribution is -2.50. The highest BCUT2D eigenvalue weighted by Crippen LogP contribution is 2.23. The second-order valence-electron chi connectivity index (χ2n) is 9.34. The van der Waals surface area contributed by atoms with Crippen molar-refractivity contribution < 1.29 is 22.7 Å². The molecule has 0 aromatic heterocycles. The SMILES string of the molecule is CC[C@H](C)NC(=O)[C@H](CC)N(Cc1ccc(OC)cc1)C(=O)CCCN(c1ccccc1C)S(C)(=O)=O. The van der Waals surface area contributed by atoms with Gasteiger partial charge in [-0.15, -0.1) is 0 Å². The first kappa shape index (κ1) is 30.2. The number of para-hydroxylation sites is 1. The third-order valence-corrected chi connectivity index (χ3v) is 7.62. The number of carbonyl (C=O) groups excluding carboxylic acids is 2. The molecule has 0 fully saturated rings. The maximum atomic E-state index is 13.5. The van der Waals surface area contributed by atoms with Crippen molar-refractivity contribution in [2.24, 2.45) is 0 Å². The van der Waals surface area contributed by atoms with Gasteiger partial charge in [-0.25, -0.2) is 8.42 Å². The van der Waals surface area contributed by atoms with E-state index in [1.807, 2.05) is 64.1 Å². The molecule has 204 valence electrons. The number of carbonyl (C=O) groups is 2. The minimum Gasteiger partial charge on any atom is -0.497 e. The van der Waals surface area contributed by atoms with Crippen LogP contribution < -0.4 is 14.4 Å². The Hall–Kier alpha value is -3.07. The molecule has 2 amide bonds. The average Bonchev–Trinajstić information content (AvgIpc) is 2.86. The molecule has 1 N–H and O–H groups in total. The molecule has 0 spiro atoms. The number of sulfonamides is 1. The summed E-state index contributed by atoms with van der Waals surface area (Å²) in [5.41, 5.74) is 2.32. The Kier molecular flexibility index (Phi) is 11.4. The smallest absolute Gasteiger partial charge is 0.243 e. The quantitative estimate of drug-likeness (QED) is 0.393. The van der Waals surface area contributed by atoms with E-state index >= 15 is 0 Å². The molecule has 8 nitrogen and oxygen atoms in total. The molecular formula is C28H41N3O5S. The summed E-state index contributed by atoms with van der Waals surface area (Å²) in [6.45, 7) is 8.11. The van der Waals surface area contributed by atoms with Gasteiger partial charge in [0.1, 0.15) is 11.8 Å². The monoisotopic (exact) mass is 531 g/mol. The highest BCUT2D eigenvalue weighted by atomic mass is 32.2. The molecule has 2 aromatic rings. The molecule has 37 heavy (non-hydrogen) atoms. The van der Waals surface area contributed by atoms with Gasteiger partial charge in [0, 0.05) is 25.6 Å². The molecule has 9 heteroatoms. The second-order valence-corrected chi connectivity index (χ2v) is 11.2. The molecule has 0 unspecified atom stereocenters. The first-order valence-electron chi connectivity index (χ1n) is 12.8. The molecule has 0 saturated heterocycles. The molecule has 2 atom stereocenters. The highest BCUT2D eigenvalue weighted by molar-refractivity contribution is 7.92. The van der Waals surface area contributed by atoms with Gasteiger partial charge in [-0.2, -0.15) is 0 Å². The number of anilines is 1. The fraction of sp³-hybridized carbons (Fsp3) is 0.500. The van der Waals surface area contributed by atoms with Crippen molar-refractivity contribution in [3.8, 4) is 5.75 Å². The maximum absolute atomic E-state index is 13.5. The lowest BCUT2D eigenvalue weighted by molar-refractivity contribution is -0.141. The summed E-state index contributed by atoms with van der Waals surface area (Å²) in [6.07, 6.45) is 2.85. The van der Waals surface area contributed by atoms with E-state index in [1.165, 1.54) is 10.6 Å². The van der Waals surface area contributed by atoms with E-state index in [9.17, 15) is 18.0 Å². The predicted octanol–water partition coefficient (Wildman–Crippen LogP) is 4.27. The van der Waals surface area contributed by atoms with Crippen LogP contribution in [-0.2, 0) is 26.2 Å². The topological polar surface area (TPSA) is 96.0 Å². The Balaban J connectivity index is 2.24. The van der Waals surface area contributed by atoms with Crippen LogP contribution in [0.5, 0.6) is 5.75 Å². The number of aryl methyl sites for hydroxylation is 1. The van der Waals surface area contributed by atoms with Crippen molar-refractivity contribution in [1.82, 2.24) is 10.2 Å².